The molecule has 0 unspecified atom stereocenters. The standard InChI is InChI=1S/2C5H8O.2H2S/c2*1-3-5(6)4-2;;/h2*3H,1,4H2,2H3;2*1H2. The van der Waals surface area contributed by atoms with Crippen LogP contribution in [0.4, 0.5) is 0 Å². The zero-order chi connectivity index (χ0) is 9.98. The van der Waals surface area contributed by atoms with Crippen LogP contribution >= 0.6 is 27.0 Å². The topological polar surface area (TPSA) is 34.1 Å². The third-order valence-corrected chi connectivity index (χ3v) is 1.15. The first-order valence-corrected chi connectivity index (χ1v) is 3.92. The summed E-state index contributed by atoms with van der Waals surface area (Å²) in [5.74, 6) is 0.213. The van der Waals surface area contributed by atoms with E-state index >= 15 is 0 Å². The lowest BCUT2D eigenvalue weighted by Crippen LogP contribution is -1.83. The molecule has 2 nitrogen and oxygen atoms in total. The minimum absolute atomic E-state index is 0. The van der Waals surface area contributed by atoms with Crippen molar-refractivity contribution in [1.82, 2.24) is 0 Å². The zero-order valence-corrected chi connectivity index (χ0v) is 10.8. The molecule has 0 spiro atoms. The Morgan fingerprint density at radius 1 is 0.929 bits per heavy atom. The average Bonchev–Trinajstić information content (AvgIpc) is 2.16. The van der Waals surface area contributed by atoms with Gasteiger partial charge in [-0.15, -0.1) is 0 Å². The van der Waals surface area contributed by atoms with Crippen molar-refractivity contribution < 1.29 is 9.59 Å². The number of ketones is 2. The van der Waals surface area contributed by atoms with E-state index in [9.17, 15) is 9.59 Å². The van der Waals surface area contributed by atoms with Crippen molar-refractivity contribution >= 4 is 38.6 Å². The van der Waals surface area contributed by atoms with Gasteiger partial charge < -0.3 is 0 Å². The second kappa shape index (κ2) is 18.3. The molecule has 0 aliphatic heterocycles. The molecule has 0 atom stereocenters. The van der Waals surface area contributed by atoms with Gasteiger partial charge in [-0.3, -0.25) is 9.59 Å². The van der Waals surface area contributed by atoms with Crippen LogP contribution < -0.4 is 0 Å². The third-order valence-electron chi connectivity index (χ3n) is 1.15. The van der Waals surface area contributed by atoms with E-state index in [2.05, 4.69) is 13.2 Å². The predicted octanol–water partition coefficient (Wildman–Crippen LogP) is 2.53. The van der Waals surface area contributed by atoms with Gasteiger partial charge in [0.05, 0.1) is 0 Å². The average molecular weight is 236 g/mol. The Kier molecular flexibility index (Phi) is 30.6. The van der Waals surface area contributed by atoms with Crippen molar-refractivity contribution in [2.24, 2.45) is 0 Å². The Bertz CT molecular complexity index is 157. The smallest absolute Gasteiger partial charge is 0.154 e. The summed E-state index contributed by atoms with van der Waals surface area (Å²) in [4.78, 5) is 20.1. The highest BCUT2D eigenvalue weighted by Crippen LogP contribution is 1.77. The quantitative estimate of drug-likeness (QED) is 0.703. The Morgan fingerprint density at radius 3 is 1.14 bits per heavy atom. The predicted molar refractivity (Wildman–Crippen MR) is 71.8 cm³/mol. The second-order valence-corrected chi connectivity index (χ2v) is 2.05. The van der Waals surface area contributed by atoms with E-state index < -0.39 is 0 Å². The van der Waals surface area contributed by atoms with E-state index in [1.807, 2.05) is 13.8 Å². The number of rotatable bonds is 4. The molecule has 0 N–H and O–H groups in total. The maximum atomic E-state index is 10.1. The molecule has 0 fully saturated rings. The van der Waals surface area contributed by atoms with Crippen LogP contribution in [0.3, 0.4) is 0 Å². The molecule has 0 aromatic carbocycles. The molecule has 0 heterocycles. The monoisotopic (exact) mass is 236 g/mol. The van der Waals surface area contributed by atoms with Crippen LogP contribution in [0.2, 0.25) is 0 Å². The molecule has 0 aliphatic carbocycles. The molecule has 0 rings (SSSR count). The van der Waals surface area contributed by atoms with Crippen LogP contribution in [0.5, 0.6) is 0 Å². The number of carbonyl (C=O) groups is 2. The van der Waals surface area contributed by atoms with Crippen molar-refractivity contribution in [3.8, 4) is 0 Å². The molecule has 84 valence electrons. The summed E-state index contributed by atoms with van der Waals surface area (Å²) in [7, 11) is 0. The van der Waals surface area contributed by atoms with E-state index in [1.165, 1.54) is 12.2 Å². The molecule has 0 aliphatic rings. The molecular formula is C10H20O2S2. The van der Waals surface area contributed by atoms with Crippen LogP contribution in [0.1, 0.15) is 26.7 Å². The summed E-state index contributed by atoms with van der Waals surface area (Å²) in [5.41, 5.74) is 0. The first-order valence-electron chi connectivity index (χ1n) is 3.92. The van der Waals surface area contributed by atoms with Crippen molar-refractivity contribution in [2.45, 2.75) is 26.7 Å². The SMILES string of the molecule is C=CC(=O)CC.C=CC(=O)CC.S.S. The van der Waals surface area contributed by atoms with Gasteiger partial charge in [-0.2, -0.15) is 27.0 Å². The fourth-order valence-corrected chi connectivity index (χ4v) is 0.289. The van der Waals surface area contributed by atoms with Crippen LogP contribution in [0, 0.1) is 0 Å². The maximum Gasteiger partial charge on any atom is 0.154 e. The van der Waals surface area contributed by atoms with E-state index in [4.69, 9.17) is 0 Å². The largest absolute Gasteiger partial charge is 0.295 e. The number of hydrogen-bond acceptors (Lipinski definition) is 2. The lowest BCUT2D eigenvalue weighted by atomic mass is 10.3. The molecule has 0 bridgehead atoms. The Hall–Kier alpha value is -0.480. The molecule has 0 amide bonds. The van der Waals surface area contributed by atoms with Crippen molar-refractivity contribution in [3.63, 3.8) is 0 Å². The highest BCUT2D eigenvalue weighted by Gasteiger charge is 1.82. The van der Waals surface area contributed by atoms with Crippen molar-refractivity contribution in [2.75, 3.05) is 0 Å². The molecule has 14 heavy (non-hydrogen) atoms. The van der Waals surface area contributed by atoms with Gasteiger partial charge in [0.1, 0.15) is 0 Å². The maximum absolute atomic E-state index is 10.1. The van der Waals surface area contributed by atoms with Crippen molar-refractivity contribution in [3.05, 3.63) is 25.3 Å². The lowest BCUT2D eigenvalue weighted by molar-refractivity contribution is -0.115. The Labute approximate surface area is 100 Å². The minimum atomic E-state index is 0. The van der Waals surface area contributed by atoms with Gasteiger partial charge >= 0.3 is 0 Å². The highest BCUT2D eigenvalue weighted by atomic mass is 32.1. The van der Waals surface area contributed by atoms with Crippen LogP contribution in [-0.2, 0) is 9.59 Å². The number of hydrogen-bond donors (Lipinski definition) is 0. The minimum Gasteiger partial charge on any atom is -0.295 e. The molecule has 0 saturated heterocycles. The lowest BCUT2D eigenvalue weighted by Gasteiger charge is -1.75. The fourth-order valence-electron chi connectivity index (χ4n) is 0.289. The Morgan fingerprint density at radius 2 is 1.14 bits per heavy atom. The molecular weight excluding hydrogens is 216 g/mol. The van der Waals surface area contributed by atoms with Gasteiger partial charge in [-0.05, 0) is 12.2 Å². The summed E-state index contributed by atoms with van der Waals surface area (Å²) in [6.07, 6.45) is 3.81. The molecule has 0 aromatic heterocycles. The van der Waals surface area contributed by atoms with Gasteiger partial charge in [0.2, 0.25) is 0 Å². The van der Waals surface area contributed by atoms with Gasteiger partial charge in [0.15, 0.2) is 11.6 Å². The summed E-state index contributed by atoms with van der Waals surface area (Å²) < 4.78 is 0. The van der Waals surface area contributed by atoms with Gasteiger partial charge in [-0.25, -0.2) is 0 Å². The third kappa shape index (κ3) is 22.5. The summed E-state index contributed by atoms with van der Waals surface area (Å²) in [6, 6.07) is 0. The molecule has 0 radical (unpaired) electrons. The van der Waals surface area contributed by atoms with E-state index in [-0.39, 0.29) is 38.6 Å². The summed E-state index contributed by atoms with van der Waals surface area (Å²) >= 11 is 0. The van der Waals surface area contributed by atoms with Crippen LogP contribution in [-0.4, -0.2) is 11.6 Å². The van der Waals surface area contributed by atoms with Crippen LogP contribution in [0.25, 0.3) is 0 Å². The van der Waals surface area contributed by atoms with Crippen molar-refractivity contribution in [1.29, 1.82) is 0 Å². The number of allylic oxidation sites excluding steroid dienone is 2. The van der Waals surface area contributed by atoms with E-state index in [0.29, 0.717) is 12.8 Å². The Balaban J connectivity index is -0.0000000625. The normalized spacial score (nSPS) is 6.43. The van der Waals surface area contributed by atoms with Crippen LogP contribution in [0.15, 0.2) is 25.3 Å². The van der Waals surface area contributed by atoms with Gasteiger partial charge in [0.25, 0.3) is 0 Å². The summed E-state index contributed by atoms with van der Waals surface area (Å²) in [6.45, 7) is 10.2. The molecule has 4 heteroatoms. The summed E-state index contributed by atoms with van der Waals surface area (Å²) in [5, 5.41) is 0. The van der Waals surface area contributed by atoms with E-state index in [1.54, 1.807) is 0 Å². The molecule has 0 aromatic rings. The first-order chi connectivity index (χ1) is 5.62. The molecule has 0 saturated carbocycles. The van der Waals surface area contributed by atoms with Gasteiger partial charge in [0, 0.05) is 12.8 Å². The fraction of sp³-hybridized carbons (Fsp3) is 0.400. The van der Waals surface area contributed by atoms with Gasteiger partial charge in [-0.1, -0.05) is 27.0 Å². The second-order valence-electron chi connectivity index (χ2n) is 2.05. The zero-order valence-electron chi connectivity index (χ0n) is 8.80. The number of carbonyl (C=O) groups excluding carboxylic acids is 2. The highest BCUT2D eigenvalue weighted by molar-refractivity contribution is 7.59. The first kappa shape index (κ1) is 23.4. The van der Waals surface area contributed by atoms with E-state index in [0.717, 1.165) is 0 Å².